The number of carbonyl (C=O) groups is 4. The topological polar surface area (TPSA) is 102 Å². The molecule has 0 saturated carbocycles. The average molecular weight is 675 g/mol. The molecule has 2 aliphatic rings. The van der Waals surface area contributed by atoms with Crippen LogP contribution in [0.25, 0.3) is 22.3 Å². The average Bonchev–Trinajstić information content (AvgIpc) is 3.12. The van der Waals surface area contributed by atoms with Gasteiger partial charge in [-0.1, -0.05) is 78.4 Å². The minimum Gasteiger partial charge on any atom is -0.466 e. The lowest BCUT2D eigenvalue weighted by molar-refractivity contribution is -0.143. The maximum atomic E-state index is 12.3. The van der Waals surface area contributed by atoms with Gasteiger partial charge in [0.05, 0.1) is 19.6 Å². The third-order valence-corrected chi connectivity index (χ3v) is 8.35. The molecule has 2 aliphatic heterocycles. The monoisotopic (exact) mass is 674 g/mol. The van der Waals surface area contributed by atoms with E-state index in [9.17, 15) is 19.2 Å². The molecule has 0 fully saturated rings. The number of aryl methyl sites for hydroxylation is 4. The number of benzene rings is 4. The van der Waals surface area contributed by atoms with Crippen molar-refractivity contribution in [1.29, 1.82) is 0 Å². The molecular formula is C42H46N2O6. The SMILES string of the molecule is C=CC(=O)OCC.CCOC(=O)CCN1C(=O)CCc2cc(-c3ccc(C)cc3)ccc21.Cc1ccc(-c2ccc3c(c2)CCC(=O)N3)cc1. The molecule has 8 nitrogen and oxygen atoms in total. The van der Waals surface area contributed by atoms with E-state index in [0.29, 0.717) is 32.6 Å². The van der Waals surface area contributed by atoms with Crippen molar-refractivity contribution >= 4 is 35.1 Å². The van der Waals surface area contributed by atoms with Gasteiger partial charge in [-0.15, -0.1) is 0 Å². The van der Waals surface area contributed by atoms with Crippen LogP contribution in [-0.4, -0.2) is 43.5 Å². The van der Waals surface area contributed by atoms with Crippen LogP contribution in [0.2, 0.25) is 0 Å². The Morgan fingerprint density at radius 1 is 0.720 bits per heavy atom. The van der Waals surface area contributed by atoms with Gasteiger partial charge in [-0.3, -0.25) is 14.4 Å². The molecular weight excluding hydrogens is 628 g/mol. The lowest BCUT2D eigenvalue weighted by Gasteiger charge is -2.29. The van der Waals surface area contributed by atoms with Crippen LogP contribution in [0.3, 0.4) is 0 Å². The minimum absolute atomic E-state index is 0.0693. The Hall–Kier alpha value is -5.50. The first-order valence-electron chi connectivity index (χ1n) is 17.1. The Bertz CT molecular complexity index is 1810. The van der Waals surface area contributed by atoms with E-state index < -0.39 is 0 Å². The second kappa shape index (κ2) is 18.3. The van der Waals surface area contributed by atoms with Crippen LogP contribution in [-0.2, 0) is 41.5 Å². The molecule has 2 heterocycles. The first-order chi connectivity index (χ1) is 24.1. The highest BCUT2D eigenvalue weighted by Crippen LogP contribution is 2.33. The third kappa shape index (κ3) is 10.5. The van der Waals surface area contributed by atoms with Gasteiger partial charge in [-0.25, -0.2) is 4.79 Å². The molecule has 50 heavy (non-hydrogen) atoms. The predicted octanol–water partition coefficient (Wildman–Crippen LogP) is 8.18. The number of anilines is 2. The maximum absolute atomic E-state index is 12.3. The molecule has 0 atom stereocenters. The van der Waals surface area contributed by atoms with Gasteiger partial charge in [0.1, 0.15) is 0 Å². The van der Waals surface area contributed by atoms with Crippen molar-refractivity contribution in [2.75, 3.05) is 30.0 Å². The molecule has 0 spiro atoms. The normalized spacial score (nSPS) is 12.8. The molecule has 0 saturated heterocycles. The first-order valence-corrected chi connectivity index (χ1v) is 17.1. The lowest BCUT2D eigenvalue weighted by atomic mass is 9.95. The molecule has 0 radical (unpaired) electrons. The maximum Gasteiger partial charge on any atom is 0.330 e. The van der Waals surface area contributed by atoms with Crippen molar-refractivity contribution in [3.05, 3.63) is 120 Å². The van der Waals surface area contributed by atoms with Crippen LogP contribution in [0.1, 0.15) is 55.4 Å². The van der Waals surface area contributed by atoms with E-state index in [0.717, 1.165) is 41.4 Å². The van der Waals surface area contributed by atoms with Gasteiger partial charge < -0.3 is 19.7 Å². The van der Waals surface area contributed by atoms with Crippen molar-refractivity contribution in [3.8, 4) is 22.3 Å². The molecule has 4 aromatic rings. The third-order valence-electron chi connectivity index (χ3n) is 8.35. The van der Waals surface area contributed by atoms with Gasteiger partial charge in [0.15, 0.2) is 0 Å². The summed E-state index contributed by atoms with van der Waals surface area (Å²) >= 11 is 0. The van der Waals surface area contributed by atoms with Crippen LogP contribution in [0.5, 0.6) is 0 Å². The van der Waals surface area contributed by atoms with Gasteiger partial charge >= 0.3 is 11.9 Å². The zero-order valence-corrected chi connectivity index (χ0v) is 29.4. The van der Waals surface area contributed by atoms with Gasteiger partial charge in [0, 0.05) is 36.8 Å². The Kier molecular flexibility index (Phi) is 13.7. The highest BCUT2D eigenvalue weighted by Gasteiger charge is 2.25. The first kappa shape index (κ1) is 37.3. The number of nitrogens with one attached hydrogen (secondary N) is 1. The zero-order valence-electron chi connectivity index (χ0n) is 29.4. The Morgan fingerprint density at radius 3 is 1.82 bits per heavy atom. The van der Waals surface area contributed by atoms with Crippen LogP contribution >= 0.6 is 0 Å². The van der Waals surface area contributed by atoms with Gasteiger partial charge in [0.2, 0.25) is 11.8 Å². The Labute approximate surface area is 295 Å². The quantitative estimate of drug-likeness (QED) is 0.149. The van der Waals surface area contributed by atoms with E-state index in [-0.39, 0.29) is 30.2 Å². The molecule has 8 heteroatoms. The fourth-order valence-electron chi connectivity index (χ4n) is 5.68. The molecule has 260 valence electrons. The lowest BCUT2D eigenvalue weighted by Crippen LogP contribution is -2.36. The van der Waals surface area contributed by atoms with Crippen molar-refractivity contribution in [3.63, 3.8) is 0 Å². The standard InChI is InChI=1S/C21H23NO3.C16H15NO.C5H8O2/c1-3-25-21(24)12-13-22-19-10-8-17(14-18(19)9-11-20(22)23)16-6-4-15(2)5-7-16;1-11-2-4-12(5-3-11)13-6-8-15-14(10-13)7-9-16(18)17-15;1-3-5(6)7-4-2/h4-8,10,14H,3,9,11-13H2,1-2H3;2-6,8,10H,7,9H2,1H3,(H,17,18);3H,1,4H2,2H3. The van der Waals surface area contributed by atoms with Crippen LogP contribution in [0.4, 0.5) is 11.4 Å². The number of ether oxygens (including phenoxy) is 2. The summed E-state index contributed by atoms with van der Waals surface area (Å²) in [5.74, 6) is -0.438. The van der Waals surface area contributed by atoms with E-state index >= 15 is 0 Å². The fourth-order valence-corrected chi connectivity index (χ4v) is 5.68. The number of fused-ring (bicyclic) bond motifs is 2. The zero-order chi connectivity index (χ0) is 36.0. The molecule has 1 N–H and O–H groups in total. The summed E-state index contributed by atoms with van der Waals surface area (Å²) in [6, 6.07) is 29.4. The Balaban J connectivity index is 0.000000196. The highest BCUT2D eigenvalue weighted by molar-refractivity contribution is 5.97. The second-order valence-corrected chi connectivity index (χ2v) is 12.1. The number of hydrogen-bond donors (Lipinski definition) is 1. The summed E-state index contributed by atoms with van der Waals surface area (Å²) in [4.78, 5) is 47.0. The van der Waals surface area contributed by atoms with Crippen LogP contribution in [0.15, 0.2) is 97.6 Å². The summed E-state index contributed by atoms with van der Waals surface area (Å²) in [5.41, 5.74) is 11.5. The van der Waals surface area contributed by atoms with Crippen molar-refractivity contribution in [1.82, 2.24) is 0 Å². The van der Waals surface area contributed by atoms with Crippen molar-refractivity contribution in [2.45, 2.75) is 59.8 Å². The summed E-state index contributed by atoms with van der Waals surface area (Å²) in [6.07, 6.45) is 4.00. The fraction of sp³-hybridized carbons (Fsp3) is 0.286. The van der Waals surface area contributed by atoms with Gasteiger partial charge in [-0.2, -0.15) is 0 Å². The molecule has 2 amide bonds. The molecule has 6 rings (SSSR count). The number of esters is 2. The molecule has 4 aromatic carbocycles. The number of amides is 2. The van der Waals surface area contributed by atoms with Gasteiger partial charge in [-0.05, 0) is 98.2 Å². The number of rotatable bonds is 8. The minimum atomic E-state index is -0.359. The summed E-state index contributed by atoms with van der Waals surface area (Å²) in [5, 5.41) is 2.91. The highest BCUT2D eigenvalue weighted by atomic mass is 16.5. The van der Waals surface area contributed by atoms with E-state index in [4.69, 9.17) is 4.74 Å². The van der Waals surface area contributed by atoms with Crippen LogP contribution in [0, 0.1) is 13.8 Å². The van der Waals surface area contributed by atoms with E-state index in [1.54, 1.807) is 18.7 Å². The summed E-state index contributed by atoms with van der Waals surface area (Å²) in [7, 11) is 0. The number of hydrogen-bond acceptors (Lipinski definition) is 6. The van der Waals surface area contributed by atoms with E-state index in [1.165, 1.54) is 33.4 Å². The predicted molar refractivity (Wildman–Crippen MR) is 199 cm³/mol. The van der Waals surface area contributed by atoms with E-state index in [1.807, 2.05) is 18.2 Å². The van der Waals surface area contributed by atoms with Crippen molar-refractivity contribution < 1.29 is 28.7 Å². The van der Waals surface area contributed by atoms with Crippen molar-refractivity contribution in [2.24, 2.45) is 0 Å². The largest absolute Gasteiger partial charge is 0.466 e. The second-order valence-electron chi connectivity index (χ2n) is 12.1. The summed E-state index contributed by atoms with van der Waals surface area (Å²) in [6.45, 7) is 12.1. The van der Waals surface area contributed by atoms with Gasteiger partial charge in [0.25, 0.3) is 0 Å². The smallest absolute Gasteiger partial charge is 0.330 e. The number of nitrogens with zero attached hydrogens (tertiary/aromatic N) is 1. The number of carbonyl (C=O) groups excluding carboxylic acids is 4. The Morgan fingerprint density at radius 2 is 1.26 bits per heavy atom. The molecule has 0 aromatic heterocycles. The summed E-state index contributed by atoms with van der Waals surface area (Å²) < 4.78 is 9.40. The molecule has 0 unspecified atom stereocenters. The molecule has 0 aliphatic carbocycles. The van der Waals surface area contributed by atoms with E-state index in [2.05, 4.69) is 97.2 Å². The molecule has 0 bridgehead atoms. The van der Waals surface area contributed by atoms with Crippen LogP contribution < -0.4 is 10.2 Å².